The van der Waals surface area contributed by atoms with Crippen LogP contribution in [0.4, 0.5) is 0 Å². The van der Waals surface area contributed by atoms with Crippen LogP contribution in [-0.4, -0.2) is 55.6 Å². The maximum atomic E-state index is 10.5. The summed E-state index contributed by atoms with van der Waals surface area (Å²) in [5.74, 6) is 0.376. The van der Waals surface area contributed by atoms with Crippen LogP contribution in [0.25, 0.3) is 0 Å². The normalized spacial score (nSPS) is 24.8. The molecule has 4 heteroatoms. The first kappa shape index (κ1) is 16.9. The zero-order valence-corrected chi connectivity index (χ0v) is 13.9. The maximum absolute atomic E-state index is 10.5. The minimum Gasteiger partial charge on any atom is -0.388 e. The molecule has 2 fully saturated rings. The Morgan fingerprint density at radius 3 is 2.65 bits per heavy atom. The van der Waals surface area contributed by atoms with E-state index in [1.165, 1.54) is 6.42 Å². The molecule has 0 aromatic heterocycles. The van der Waals surface area contributed by atoms with Crippen LogP contribution >= 0.6 is 0 Å². The number of likely N-dealkylation sites (tertiary alicyclic amines) is 1. The third kappa shape index (κ3) is 5.01. The van der Waals surface area contributed by atoms with Gasteiger partial charge in [-0.1, -0.05) is 30.3 Å². The lowest BCUT2D eigenvalue weighted by atomic mass is 9.87. The van der Waals surface area contributed by atoms with Gasteiger partial charge in [-0.25, -0.2) is 0 Å². The van der Waals surface area contributed by atoms with E-state index >= 15 is 0 Å². The van der Waals surface area contributed by atoms with Gasteiger partial charge in [0.1, 0.15) is 0 Å². The number of piperidine rings is 1. The van der Waals surface area contributed by atoms with Crippen LogP contribution in [0.2, 0.25) is 0 Å². The van der Waals surface area contributed by atoms with E-state index in [0.29, 0.717) is 12.0 Å². The Hall–Kier alpha value is -0.940. The molecule has 2 atom stereocenters. The molecule has 0 saturated carbocycles. The summed E-state index contributed by atoms with van der Waals surface area (Å²) < 4.78 is 11.3. The Balaban J connectivity index is 1.32. The minimum absolute atomic E-state index is 0.321. The summed E-state index contributed by atoms with van der Waals surface area (Å²) >= 11 is 0. The topological polar surface area (TPSA) is 41.9 Å². The summed E-state index contributed by atoms with van der Waals surface area (Å²) in [6.07, 6.45) is 4.42. The third-order valence-electron chi connectivity index (χ3n) is 5.10. The summed E-state index contributed by atoms with van der Waals surface area (Å²) in [4.78, 5) is 2.45. The van der Waals surface area contributed by atoms with E-state index in [1.54, 1.807) is 0 Å². The second-order valence-corrected chi connectivity index (χ2v) is 6.74. The fourth-order valence-electron chi connectivity index (χ4n) is 3.60. The number of hydrogen-bond acceptors (Lipinski definition) is 4. The molecule has 0 bridgehead atoms. The zero-order chi connectivity index (χ0) is 15.9. The molecule has 1 N–H and O–H groups in total. The highest BCUT2D eigenvalue weighted by Gasteiger charge is 2.26. The predicted octanol–water partition coefficient (Wildman–Crippen LogP) is 2.63. The number of nitrogens with zero attached hydrogens (tertiary/aromatic N) is 1. The van der Waals surface area contributed by atoms with Gasteiger partial charge < -0.3 is 19.5 Å². The smallest absolute Gasteiger partial charge is 0.0819 e. The molecule has 2 heterocycles. The Morgan fingerprint density at radius 2 is 1.96 bits per heavy atom. The van der Waals surface area contributed by atoms with Crippen molar-refractivity contribution in [2.45, 2.75) is 37.9 Å². The van der Waals surface area contributed by atoms with E-state index in [-0.39, 0.29) is 6.10 Å². The zero-order valence-electron chi connectivity index (χ0n) is 13.9. The van der Waals surface area contributed by atoms with Gasteiger partial charge in [0.2, 0.25) is 0 Å². The maximum Gasteiger partial charge on any atom is 0.0819 e. The molecule has 2 saturated heterocycles. The van der Waals surface area contributed by atoms with Gasteiger partial charge in [-0.05, 0) is 50.3 Å². The first-order chi connectivity index (χ1) is 11.3. The summed E-state index contributed by atoms with van der Waals surface area (Å²) in [6, 6.07) is 10.0. The van der Waals surface area contributed by atoms with E-state index in [4.69, 9.17) is 9.47 Å². The van der Waals surface area contributed by atoms with Crippen LogP contribution in [0.15, 0.2) is 30.3 Å². The van der Waals surface area contributed by atoms with Gasteiger partial charge in [-0.15, -0.1) is 0 Å². The number of ether oxygens (including phenoxy) is 2. The standard InChI is InChI=1S/C19H29NO3/c21-19(16-5-2-1-3-6-16)17-8-10-20(11-9-17)12-14-22-15-18-7-4-13-23-18/h1-3,5-6,17-19,21H,4,7-15H2. The van der Waals surface area contributed by atoms with Gasteiger partial charge in [-0.3, -0.25) is 0 Å². The lowest BCUT2D eigenvalue weighted by molar-refractivity contribution is 0.00337. The van der Waals surface area contributed by atoms with Crippen LogP contribution < -0.4 is 0 Å². The van der Waals surface area contributed by atoms with Crippen LogP contribution in [0.5, 0.6) is 0 Å². The van der Waals surface area contributed by atoms with Gasteiger partial charge in [0.15, 0.2) is 0 Å². The average Bonchev–Trinajstić information content (AvgIpc) is 3.13. The number of hydrogen-bond donors (Lipinski definition) is 1. The van der Waals surface area contributed by atoms with Crippen LogP contribution in [0.1, 0.15) is 37.4 Å². The Bertz CT molecular complexity index is 439. The summed E-state index contributed by atoms with van der Waals surface area (Å²) in [7, 11) is 0. The molecular weight excluding hydrogens is 290 g/mol. The summed E-state index contributed by atoms with van der Waals surface area (Å²) in [5.41, 5.74) is 1.05. The molecular formula is C19H29NO3. The van der Waals surface area contributed by atoms with Crippen LogP contribution in [0.3, 0.4) is 0 Å². The number of aliphatic hydroxyl groups excluding tert-OH is 1. The van der Waals surface area contributed by atoms with Crippen molar-refractivity contribution in [1.29, 1.82) is 0 Å². The van der Waals surface area contributed by atoms with Crippen molar-refractivity contribution in [1.82, 2.24) is 4.90 Å². The SMILES string of the molecule is OC(c1ccccc1)C1CCN(CCOCC2CCCO2)CC1. The molecule has 1 aromatic carbocycles. The molecule has 0 spiro atoms. The Morgan fingerprint density at radius 1 is 1.17 bits per heavy atom. The predicted molar refractivity (Wildman–Crippen MR) is 90.4 cm³/mol. The fraction of sp³-hybridized carbons (Fsp3) is 0.684. The molecule has 23 heavy (non-hydrogen) atoms. The van der Waals surface area contributed by atoms with Crippen molar-refractivity contribution in [3.05, 3.63) is 35.9 Å². The molecule has 3 rings (SSSR count). The first-order valence-electron chi connectivity index (χ1n) is 8.97. The Labute approximate surface area is 139 Å². The molecule has 2 unspecified atom stereocenters. The highest BCUT2D eigenvalue weighted by atomic mass is 16.5. The second kappa shape index (κ2) is 8.78. The van der Waals surface area contributed by atoms with Gasteiger partial charge >= 0.3 is 0 Å². The van der Waals surface area contributed by atoms with Gasteiger partial charge in [0.25, 0.3) is 0 Å². The van der Waals surface area contributed by atoms with Crippen molar-refractivity contribution in [2.75, 3.05) is 39.5 Å². The molecule has 0 amide bonds. The lowest BCUT2D eigenvalue weighted by Crippen LogP contribution is -2.37. The second-order valence-electron chi connectivity index (χ2n) is 6.74. The monoisotopic (exact) mass is 319 g/mol. The summed E-state index contributed by atoms with van der Waals surface area (Å²) in [6.45, 7) is 5.51. The van der Waals surface area contributed by atoms with E-state index in [0.717, 1.165) is 64.3 Å². The van der Waals surface area contributed by atoms with Crippen molar-refractivity contribution in [3.63, 3.8) is 0 Å². The highest BCUT2D eigenvalue weighted by Crippen LogP contribution is 2.30. The third-order valence-corrected chi connectivity index (χ3v) is 5.10. The average molecular weight is 319 g/mol. The molecule has 128 valence electrons. The quantitative estimate of drug-likeness (QED) is 0.785. The molecule has 1 aromatic rings. The van der Waals surface area contributed by atoms with E-state index in [9.17, 15) is 5.11 Å². The van der Waals surface area contributed by atoms with Crippen molar-refractivity contribution < 1.29 is 14.6 Å². The van der Waals surface area contributed by atoms with Crippen molar-refractivity contribution in [2.24, 2.45) is 5.92 Å². The van der Waals surface area contributed by atoms with E-state index in [1.807, 2.05) is 30.3 Å². The fourth-order valence-corrected chi connectivity index (χ4v) is 3.60. The van der Waals surface area contributed by atoms with Crippen LogP contribution in [0, 0.1) is 5.92 Å². The molecule has 0 radical (unpaired) electrons. The van der Waals surface area contributed by atoms with Crippen LogP contribution in [-0.2, 0) is 9.47 Å². The number of rotatable bonds is 7. The van der Waals surface area contributed by atoms with E-state index < -0.39 is 0 Å². The molecule has 2 aliphatic rings. The minimum atomic E-state index is -0.325. The van der Waals surface area contributed by atoms with Gasteiger partial charge in [-0.2, -0.15) is 0 Å². The highest BCUT2D eigenvalue weighted by molar-refractivity contribution is 5.18. The number of aliphatic hydroxyl groups is 1. The number of benzene rings is 1. The van der Waals surface area contributed by atoms with Gasteiger partial charge in [0, 0.05) is 13.2 Å². The van der Waals surface area contributed by atoms with E-state index in [2.05, 4.69) is 4.90 Å². The molecule has 4 nitrogen and oxygen atoms in total. The Kier molecular flexibility index (Phi) is 6.46. The molecule has 2 aliphatic heterocycles. The summed E-state index contributed by atoms with van der Waals surface area (Å²) in [5, 5.41) is 10.5. The van der Waals surface area contributed by atoms with Crippen molar-refractivity contribution in [3.8, 4) is 0 Å². The first-order valence-corrected chi connectivity index (χ1v) is 8.97. The lowest BCUT2D eigenvalue weighted by Gasteiger charge is -2.34. The van der Waals surface area contributed by atoms with Gasteiger partial charge in [0.05, 0.1) is 25.4 Å². The molecule has 0 aliphatic carbocycles. The van der Waals surface area contributed by atoms with Crippen molar-refractivity contribution >= 4 is 0 Å². The largest absolute Gasteiger partial charge is 0.388 e.